The van der Waals surface area contributed by atoms with Gasteiger partial charge in [-0.3, -0.25) is 0 Å². The van der Waals surface area contributed by atoms with Crippen LogP contribution in [0.25, 0.3) is 0 Å². The zero-order valence-electron chi connectivity index (χ0n) is 13.1. The fraction of sp³-hybridized carbons (Fsp3) is 0.625. The van der Waals surface area contributed by atoms with Crippen LogP contribution in [0.3, 0.4) is 0 Å². The highest BCUT2D eigenvalue weighted by Crippen LogP contribution is 2.25. The van der Waals surface area contributed by atoms with E-state index in [0.29, 0.717) is 12.5 Å². The summed E-state index contributed by atoms with van der Waals surface area (Å²) < 4.78 is 26.8. The standard InChI is InChI=1S/C16H26F2N2/c1-11(16(2,3)4)20(5)10-9-14(19)12-7-6-8-13(17)15(12)18/h6-8,11,14H,9-10,19H2,1-5H3. The molecule has 4 heteroatoms. The first-order valence-electron chi connectivity index (χ1n) is 7.04. The summed E-state index contributed by atoms with van der Waals surface area (Å²) >= 11 is 0. The molecule has 0 aliphatic rings. The first kappa shape index (κ1) is 17.1. The summed E-state index contributed by atoms with van der Waals surface area (Å²) in [6.07, 6.45) is 0.595. The smallest absolute Gasteiger partial charge is 0.163 e. The number of benzene rings is 1. The lowest BCUT2D eigenvalue weighted by atomic mass is 9.87. The highest BCUT2D eigenvalue weighted by molar-refractivity contribution is 5.22. The molecular weight excluding hydrogens is 258 g/mol. The molecule has 0 aromatic heterocycles. The van der Waals surface area contributed by atoms with Crippen molar-refractivity contribution in [1.82, 2.24) is 4.90 Å². The van der Waals surface area contributed by atoms with Crippen LogP contribution in [-0.2, 0) is 0 Å². The second-order valence-electron chi connectivity index (χ2n) is 6.56. The predicted molar refractivity (Wildman–Crippen MR) is 79.5 cm³/mol. The first-order chi connectivity index (χ1) is 9.14. The van der Waals surface area contributed by atoms with Gasteiger partial charge < -0.3 is 10.6 Å². The summed E-state index contributed by atoms with van der Waals surface area (Å²) in [5.74, 6) is -1.67. The molecule has 0 spiro atoms. The lowest BCUT2D eigenvalue weighted by Crippen LogP contribution is -2.40. The Hall–Kier alpha value is -1.00. The highest BCUT2D eigenvalue weighted by Gasteiger charge is 2.24. The molecule has 2 nitrogen and oxygen atoms in total. The zero-order valence-corrected chi connectivity index (χ0v) is 13.1. The van der Waals surface area contributed by atoms with Gasteiger partial charge in [0.05, 0.1) is 0 Å². The normalized spacial score (nSPS) is 15.4. The average molecular weight is 284 g/mol. The Kier molecular flexibility index (Phi) is 5.66. The molecule has 114 valence electrons. The molecule has 0 saturated heterocycles. The fourth-order valence-electron chi connectivity index (χ4n) is 2.16. The van der Waals surface area contributed by atoms with Crippen molar-refractivity contribution in [1.29, 1.82) is 0 Å². The van der Waals surface area contributed by atoms with E-state index >= 15 is 0 Å². The second kappa shape index (κ2) is 6.64. The Morgan fingerprint density at radius 1 is 1.25 bits per heavy atom. The average Bonchev–Trinajstić information content (AvgIpc) is 2.36. The Bertz CT molecular complexity index is 441. The number of hydrogen-bond donors (Lipinski definition) is 1. The second-order valence-corrected chi connectivity index (χ2v) is 6.56. The minimum Gasteiger partial charge on any atom is -0.324 e. The van der Waals surface area contributed by atoms with Gasteiger partial charge in [0.25, 0.3) is 0 Å². The van der Waals surface area contributed by atoms with Gasteiger partial charge in [0.2, 0.25) is 0 Å². The van der Waals surface area contributed by atoms with Crippen LogP contribution in [0.5, 0.6) is 0 Å². The first-order valence-corrected chi connectivity index (χ1v) is 7.04. The largest absolute Gasteiger partial charge is 0.324 e. The van der Waals surface area contributed by atoms with Crippen molar-refractivity contribution in [2.24, 2.45) is 11.1 Å². The molecule has 1 aromatic carbocycles. The van der Waals surface area contributed by atoms with Gasteiger partial charge in [0.15, 0.2) is 11.6 Å². The van der Waals surface area contributed by atoms with E-state index in [1.807, 2.05) is 7.05 Å². The molecule has 2 unspecified atom stereocenters. The number of rotatable bonds is 5. The lowest BCUT2D eigenvalue weighted by Gasteiger charge is -2.35. The molecule has 0 aliphatic heterocycles. The quantitative estimate of drug-likeness (QED) is 0.893. The monoisotopic (exact) mass is 284 g/mol. The van der Waals surface area contributed by atoms with Crippen LogP contribution in [-0.4, -0.2) is 24.5 Å². The number of hydrogen-bond acceptors (Lipinski definition) is 2. The van der Waals surface area contributed by atoms with E-state index in [0.717, 1.165) is 12.6 Å². The van der Waals surface area contributed by atoms with Crippen LogP contribution in [0, 0.1) is 17.0 Å². The Balaban J connectivity index is 2.64. The lowest BCUT2D eigenvalue weighted by molar-refractivity contribution is 0.137. The van der Waals surface area contributed by atoms with Gasteiger partial charge in [-0.2, -0.15) is 0 Å². The van der Waals surface area contributed by atoms with Gasteiger partial charge in [-0.05, 0) is 38.4 Å². The molecule has 0 fully saturated rings. The summed E-state index contributed by atoms with van der Waals surface area (Å²) in [7, 11) is 2.03. The molecule has 0 radical (unpaired) electrons. The summed E-state index contributed by atoms with van der Waals surface area (Å²) in [6.45, 7) is 9.45. The van der Waals surface area contributed by atoms with Crippen molar-refractivity contribution in [2.75, 3.05) is 13.6 Å². The van der Waals surface area contributed by atoms with E-state index < -0.39 is 17.7 Å². The van der Waals surface area contributed by atoms with E-state index in [2.05, 4.69) is 32.6 Å². The van der Waals surface area contributed by atoms with E-state index in [4.69, 9.17) is 5.73 Å². The molecule has 0 amide bonds. The molecule has 2 atom stereocenters. The SMILES string of the molecule is CC(N(C)CCC(N)c1cccc(F)c1F)C(C)(C)C. The van der Waals surface area contributed by atoms with Crippen molar-refractivity contribution in [3.8, 4) is 0 Å². The van der Waals surface area contributed by atoms with E-state index in [9.17, 15) is 8.78 Å². The number of nitrogens with two attached hydrogens (primary N) is 1. The van der Waals surface area contributed by atoms with Crippen LogP contribution in [0.15, 0.2) is 18.2 Å². The van der Waals surface area contributed by atoms with Gasteiger partial charge in [-0.25, -0.2) is 8.78 Å². The predicted octanol–water partition coefficient (Wildman–Crippen LogP) is 3.72. The van der Waals surface area contributed by atoms with Gasteiger partial charge >= 0.3 is 0 Å². The highest BCUT2D eigenvalue weighted by atomic mass is 19.2. The Morgan fingerprint density at radius 2 is 1.85 bits per heavy atom. The fourth-order valence-corrected chi connectivity index (χ4v) is 2.16. The van der Waals surface area contributed by atoms with Crippen LogP contribution >= 0.6 is 0 Å². The van der Waals surface area contributed by atoms with E-state index in [1.165, 1.54) is 6.07 Å². The maximum atomic E-state index is 13.7. The van der Waals surface area contributed by atoms with Gasteiger partial charge in [0.1, 0.15) is 0 Å². The summed E-state index contributed by atoms with van der Waals surface area (Å²) in [5.41, 5.74) is 6.41. The van der Waals surface area contributed by atoms with Gasteiger partial charge in [0, 0.05) is 17.6 Å². The summed E-state index contributed by atoms with van der Waals surface area (Å²) in [6, 6.07) is 4.05. The van der Waals surface area contributed by atoms with Crippen molar-refractivity contribution in [2.45, 2.75) is 46.2 Å². The van der Waals surface area contributed by atoms with Gasteiger partial charge in [-0.1, -0.05) is 32.9 Å². The Labute approximate surface area is 121 Å². The van der Waals surface area contributed by atoms with Crippen LogP contribution in [0.1, 0.15) is 45.7 Å². The Morgan fingerprint density at radius 3 is 2.40 bits per heavy atom. The topological polar surface area (TPSA) is 29.3 Å². The van der Waals surface area contributed by atoms with Crippen LogP contribution < -0.4 is 5.73 Å². The summed E-state index contributed by atoms with van der Waals surface area (Å²) in [5, 5.41) is 0. The number of nitrogens with zero attached hydrogens (tertiary/aromatic N) is 1. The van der Waals surface area contributed by atoms with Gasteiger partial charge in [-0.15, -0.1) is 0 Å². The maximum Gasteiger partial charge on any atom is 0.163 e. The molecule has 1 aromatic rings. The molecule has 0 aliphatic carbocycles. The molecule has 1 rings (SSSR count). The van der Waals surface area contributed by atoms with Crippen molar-refractivity contribution in [3.63, 3.8) is 0 Å². The van der Waals surface area contributed by atoms with Crippen molar-refractivity contribution in [3.05, 3.63) is 35.4 Å². The minimum atomic E-state index is -0.839. The molecule has 2 N–H and O–H groups in total. The van der Waals surface area contributed by atoms with Crippen LogP contribution in [0.4, 0.5) is 8.78 Å². The third-order valence-electron chi connectivity index (χ3n) is 4.09. The van der Waals surface area contributed by atoms with Crippen molar-refractivity contribution < 1.29 is 8.78 Å². The van der Waals surface area contributed by atoms with Crippen molar-refractivity contribution >= 4 is 0 Å². The van der Waals surface area contributed by atoms with Crippen LogP contribution in [0.2, 0.25) is 0 Å². The molecule has 0 heterocycles. The molecular formula is C16H26F2N2. The molecule has 0 bridgehead atoms. The summed E-state index contributed by atoms with van der Waals surface area (Å²) in [4.78, 5) is 2.21. The van der Waals surface area contributed by atoms with E-state index in [-0.39, 0.29) is 11.0 Å². The number of halogens is 2. The molecule has 0 saturated carbocycles. The zero-order chi connectivity index (χ0) is 15.5. The van der Waals surface area contributed by atoms with E-state index in [1.54, 1.807) is 6.07 Å². The third kappa shape index (κ3) is 4.25. The maximum absolute atomic E-state index is 13.7. The third-order valence-corrected chi connectivity index (χ3v) is 4.09. The minimum absolute atomic E-state index is 0.170. The molecule has 20 heavy (non-hydrogen) atoms.